The van der Waals surface area contributed by atoms with E-state index in [2.05, 4.69) is 70.2 Å². The summed E-state index contributed by atoms with van der Waals surface area (Å²) in [5, 5.41) is 11.1. The highest BCUT2D eigenvalue weighted by Crippen LogP contribution is 2.17. The van der Waals surface area contributed by atoms with Crippen LogP contribution in [0.4, 0.5) is 5.82 Å². The smallest absolute Gasteiger partial charge is 0.191 e. The van der Waals surface area contributed by atoms with Crippen LogP contribution in [-0.4, -0.2) is 49.8 Å². The molecule has 2 N–H and O–H groups in total. The van der Waals surface area contributed by atoms with E-state index in [1.165, 1.54) is 5.56 Å². The number of morpholine rings is 1. The van der Waals surface area contributed by atoms with Gasteiger partial charge in [-0.05, 0) is 53.8 Å². The molecule has 3 heterocycles. The first kappa shape index (κ1) is 20.6. The van der Waals surface area contributed by atoms with Gasteiger partial charge in [0.2, 0.25) is 0 Å². The van der Waals surface area contributed by atoms with Gasteiger partial charge in [-0.15, -0.1) is 0 Å². The molecule has 0 radical (unpaired) electrons. The zero-order valence-corrected chi connectivity index (χ0v) is 17.8. The highest BCUT2D eigenvalue weighted by atomic mass is 32.1. The molecule has 3 rings (SSSR count). The van der Waals surface area contributed by atoms with Crippen molar-refractivity contribution in [3.05, 3.63) is 46.3 Å². The van der Waals surface area contributed by atoms with Crippen LogP contribution in [0.3, 0.4) is 0 Å². The van der Waals surface area contributed by atoms with Crippen molar-refractivity contribution in [2.24, 2.45) is 4.99 Å². The fourth-order valence-corrected chi connectivity index (χ4v) is 3.94. The van der Waals surface area contributed by atoms with E-state index in [-0.39, 0.29) is 6.10 Å². The third-order valence-corrected chi connectivity index (χ3v) is 5.53. The number of nitrogens with one attached hydrogen (secondary N) is 2. The molecular formula is C21H31N5OS. The lowest BCUT2D eigenvalue weighted by Crippen LogP contribution is -2.41. The van der Waals surface area contributed by atoms with Crippen LogP contribution in [0, 0.1) is 0 Å². The van der Waals surface area contributed by atoms with Crippen LogP contribution >= 0.6 is 11.3 Å². The monoisotopic (exact) mass is 401 g/mol. The van der Waals surface area contributed by atoms with Crippen LogP contribution in [-0.2, 0) is 11.3 Å². The third-order valence-electron chi connectivity index (χ3n) is 4.83. The summed E-state index contributed by atoms with van der Waals surface area (Å²) >= 11 is 1.74. The summed E-state index contributed by atoms with van der Waals surface area (Å²) in [6, 6.07) is 6.38. The largest absolute Gasteiger partial charge is 0.375 e. The number of nitrogens with zero attached hydrogens (tertiary/aromatic N) is 3. The SMILES string of the molecule is CCNC(=NCc1ccc(N2CCOC(C)C2)nc1)NCC(C)c1ccsc1. The second-order valence-electron chi connectivity index (χ2n) is 7.19. The molecule has 2 atom stereocenters. The molecule has 0 amide bonds. The number of aromatic nitrogens is 1. The minimum atomic E-state index is 0.255. The van der Waals surface area contributed by atoms with Crippen molar-refractivity contribution in [2.45, 2.75) is 39.3 Å². The zero-order valence-electron chi connectivity index (χ0n) is 17.0. The van der Waals surface area contributed by atoms with Gasteiger partial charge in [-0.2, -0.15) is 11.3 Å². The van der Waals surface area contributed by atoms with Gasteiger partial charge in [-0.25, -0.2) is 9.98 Å². The van der Waals surface area contributed by atoms with Crippen molar-refractivity contribution in [3.63, 3.8) is 0 Å². The first-order valence-corrected chi connectivity index (χ1v) is 11.0. The number of ether oxygens (including phenoxy) is 1. The highest BCUT2D eigenvalue weighted by molar-refractivity contribution is 7.07. The van der Waals surface area contributed by atoms with Gasteiger partial charge in [0, 0.05) is 32.4 Å². The van der Waals surface area contributed by atoms with Gasteiger partial charge in [-0.3, -0.25) is 0 Å². The number of anilines is 1. The Kier molecular flexibility index (Phi) is 7.68. The van der Waals surface area contributed by atoms with E-state index in [1.807, 2.05) is 6.20 Å². The molecule has 2 aromatic heterocycles. The van der Waals surface area contributed by atoms with Crippen LogP contribution in [0.2, 0.25) is 0 Å². The lowest BCUT2D eigenvalue weighted by molar-refractivity contribution is 0.0529. The molecule has 0 saturated carbocycles. The molecule has 1 aliphatic heterocycles. The fraction of sp³-hybridized carbons (Fsp3) is 0.524. The topological polar surface area (TPSA) is 61.8 Å². The maximum Gasteiger partial charge on any atom is 0.191 e. The second kappa shape index (κ2) is 10.4. The van der Waals surface area contributed by atoms with Crippen molar-refractivity contribution in [2.75, 3.05) is 37.7 Å². The molecule has 1 fully saturated rings. The van der Waals surface area contributed by atoms with Gasteiger partial charge in [0.25, 0.3) is 0 Å². The number of thiophene rings is 1. The molecule has 0 aromatic carbocycles. The van der Waals surface area contributed by atoms with Crippen LogP contribution in [0.1, 0.15) is 37.8 Å². The molecule has 0 aliphatic carbocycles. The Balaban J connectivity index is 1.54. The number of aliphatic imine (C=N–C) groups is 1. The van der Waals surface area contributed by atoms with Crippen molar-refractivity contribution < 1.29 is 4.74 Å². The average Bonchev–Trinajstić information content (AvgIpc) is 3.25. The molecule has 0 bridgehead atoms. The van der Waals surface area contributed by atoms with Gasteiger partial charge in [0.15, 0.2) is 5.96 Å². The van der Waals surface area contributed by atoms with Crippen LogP contribution < -0.4 is 15.5 Å². The van der Waals surface area contributed by atoms with E-state index in [9.17, 15) is 0 Å². The van der Waals surface area contributed by atoms with Crippen LogP contribution in [0.25, 0.3) is 0 Å². The first-order valence-electron chi connectivity index (χ1n) is 10.0. The molecule has 2 aromatic rings. The summed E-state index contributed by atoms with van der Waals surface area (Å²) in [5.41, 5.74) is 2.47. The van der Waals surface area contributed by atoms with Gasteiger partial charge >= 0.3 is 0 Å². The highest BCUT2D eigenvalue weighted by Gasteiger charge is 2.17. The normalized spacial score (nSPS) is 18.8. The molecule has 28 heavy (non-hydrogen) atoms. The van der Waals surface area contributed by atoms with Gasteiger partial charge < -0.3 is 20.3 Å². The number of pyridine rings is 1. The standard InChI is InChI=1S/C21H31N5OS/c1-4-22-21(24-11-16(2)19-7-10-28-15-19)25-13-18-5-6-20(23-12-18)26-8-9-27-17(3)14-26/h5-7,10,12,15-17H,4,8-9,11,13-14H2,1-3H3,(H2,22,24,25). The molecule has 2 unspecified atom stereocenters. The summed E-state index contributed by atoms with van der Waals surface area (Å²) in [6.45, 7) is 11.3. The number of rotatable bonds is 7. The fourth-order valence-electron chi connectivity index (χ4n) is 3.16. The maximum atomic E-state index is 5.60. The Morgan fingerprint density at radius 1 is 1.39 bits per heavy atom. The Hall–Kier alpha value is -2.12. The average molecular weight is 402 g/mol. The predicted molar refractivity (Wildman–Crippen MR) is 117 cm³/mol. The minimum absolute atomic E-state index is 0.255. The lowest BCUT2D eigenvalue weighted by Gasteiger charge is -2.32. The lowest BCUT2D eigenvalue weighted by atomic mass is 10.1. The van der Waals surface area contributed by atoms with E-state index >= 15 is 0 Å². The molecule has 1 aliphatic rings. The van der Waals surface area contributed by atoms with E-state index < -0.39 is 0 Å². The molecule has 7 heteroatoms. The van der Waals surface area contributed by atoms with E-state index in [0.29, 0.717) is 12.5 Å². The second-order valence-corrected chi connectivity index (χ2v) is 7.97. The quantitative estimate of drug-likeness (QED) is 0.551. The van der Waals surface area contributed by atoms with Crippen LogP contribution in [0.15, 0.2) is 40.1 Å². The number of hydrogen-bond donors (Lipinski definition) is 2. The summed E-state index contributed by atoms with van der Waals surface area (Å²) in [5.74, 6) is 2.31. The Morgan fingerprint density at radius 2 is 2.29 bits per heavy atom. The molecule has 1 saturated heterocycles. The summed E-state index contributed by atoms with van der Waals surface area (Å²) in [4.78, 5) is 11.6. The number of hydrogen-bond acceptors (Lipinski definition) is 5. The zero-order chi connectivity index (χ0) is 19.8. The molecule has 152 valence electrons. The first-order chi connectivity index (χ1) is 13.7. The van der Waals surface area contributed by atoms with Crippen molar-refractivity contribution in [3.8, 4) is 0 Å². The van der Waals surface area contributed by atoms with Gasteiger partial charge in [0.1, 0.15) is 5.82 Å². The third kappa shape index (κ3) is 5.94. The minimum Gasteiger partial charge on any atom is -0.375 e. The van der Waals surface area contributed by atoms with Crippen LogP contribution in [0.5, 0.6) is 0 Å². The molecular weight excluding hydrogens is 370 g/mol. The van der Waals surface area contributed by atoms with Crippen molar-refractivity contribution in [1.82, 2.24) is 15.6 Å². The van der Waals surface area contributed by atoms with E-state index in [1.54, 1.807) is 11.3 Å². The van der Waals surface area contributed by atoms with E-state index in [4.69, 9.17) is 9.73 Å². The Morgan fingerprint density at radius 3 is 2.96 bits per heavy atom. The predicted octanol–water partition coefficient (Wildman–Crippen LogP) is 3.23. The summed E-state index contributed by atoms with van der Waals surface area (Å²) in [7, 11) is 0. The number of guanidine groups is 1. The summed E-state index contributed by atoms with van der Waals surface area (Å²) in [6.07, 6.45) is 2.18. The van der Waals surface area contributed by atoms with Gasteiger partial charge in [0.05, 0.1) is 19.3 Å². The molecule has 0 spiro atoms. The van der Waals surface area contributed by atoms with Crippen molar-refractivity contribution in [1.29, 1.82) is 0 Å². The van der Waals surface area contributed by atoms with Gasteiger partial charge in [-0.1, -0.05) is 13.0 Å². The van der Waals surface area contributed by atoms with Crippen molar-refractivity contribution >= 4 is 23.1 Å². The van der Waals surface area contributed by atoms with E-state index in [0.717, 1.165) is 50.1 Å². The summed E-state index contributed by atoms with van der Waals surface area (Å²) < 4.78 is 5.60. The maximum absolute atomic E-state index is 5.60. The Bertz CT molecular complexity index is 732. The molecule has 6 nitrogen and oxygen atoms in total. The Labute approximate surface area is 172 Å².